The van der Waals surface area contributed by atoms with E-state index in [1.165, 1.54) is 24.4 Å². The molecule has 6 heteroatoms. The van der Waals surface area contributed by atoms with Crippen LogP contribution in [0.25, 0.3) is 0 Å². The highest BCUT2D eigenvalue weighted by atomic mass is 35.5. The van der Waals surface area contributed by atoms with Crippen LogP contribution in [0, 0.1) is 0 Å². The maximum atomic E-state index is 11.9. The Balaban J connectivity index is 2.25. The molecular weight excluding hydrogens is 254 g/mol. The second-order valence-corrected chi connectivity index (χ2v) is 3.95. The highest BCUT2D eigenvalue weighted by Crippen LogP contribution is 2.25. The van der Waals surface area contributed by atoms with Crippen molar-refractivity contribution in [1.29, 1.82) is 0 Å². The molecule has 92 valence electrons. The van der Waals surface area contributed by atoms with Crippen molar-refractivity contribution in [2.45, 2.75) is 0 Å². The number of carbonyl (C=O) groups is 1. The molecule has 0 spiro atoms. The van der Waals surface area contributed by atoms with Crippen molar-refractivity contribution in [3.63, 3.8) is 0 Å². The fourth-order valence-electron chi connectivity index (χ4n) is 1.42. The molecule has 2 rings (SSSR count). The van der Waals surface area contributed by atoms with E-state index in [2.05, 4.69) is 10.3 Å². The zero-order valence-electron chi connectivity index (χ0n) is 9.22. The predicted molar refractivity (Wildman–Crippen MR) is 69.7 cm³/mol. The summed E-state index contributed by atoms with van der Waals surface area (Å²) >= 11 is 5.70. The number of phenolic OH excluding ortho intramolecular Hbond substituents is 1. The lowest BCUT2D eigenvalue weighted by Gasteiger charge is -2.08. The van der Waals surface area contributed by atoms with Crippen molar-refractivity contribution >= 4 is 28.9 Å². The molecule has 0 aliphatic carbocycles. The molecule has 0 atom stereocenters. The lowest BCUT2D eigenvalue weighted by molar-refractivity contribution is 0.102. The highest BCUT2D eigenvalue weighted by molar-refractivity contribution is 6.29. The standard InChI is InChI=1S/C12H10ClN3O2/c13-10-6-7(4-5-15-10)16-12(18)8-2-1-3-9(14)11(8)17/h1-6,17H,14H2,(H,15,16,18). The first-order chi connectivity index (χ1) is 8.58. The Hall–Kier alpha value is -2.27. The summed E-state index contributed by atoms with van der Waals surface area (Å²) in [6, 6.07) is 7.67. The van der Waals surface area contributed by atoms with Crippen molar-refractivity contribution in [3.05, 3.63) is 47.2 Å². The minimum absolute atomic E-state index is 0.0999. The van der Waals surface area contributed by atoms with Crippen molar-refractivity contribution in [2.75, 3.05) is 11.1 Å². The molecule has 1 aromatic carbocycles. The van der Waals surface area contributed by atoms with Gasteiger partial charge in [0.05, 0.1) is 11.3 Å². The summed E-state index contributed by atoms with van der Waals surface area (Å²) < 4.78 is 0. The minimum atomic E-state index is -0.470. The summed E-state index contributed by atoms with van der Waals surface area (Å²) in [6.07, 6.45) is 1.47. The van der Waals surface area contributed by atoms with Gasteiger partial charge in [-0.25, -0.2) is 4.98 Å². The van der Waals surface area contributed by atoms with E-state index in [1.54, 1.807) is 12.1 Å². The first-order valence-corrected chi connectivity index (χ1v) is 5.46. The van der Waals surface area contributed by atoms with Crippen molar-refractivity contribution < 1.29 is 9.90 Å². The number of carbonyl (C=O) groups excluding carboxylic acids is 1. The van der Waals surface area contributed by atoms with Gasteiger partial charge in [-0.3, -0.25) is 4.79 Å². The molecule has 0 radical (unpaired) electrons. The smallest absolute Gasteiger partial charge is 0.259 e. The highest BCUT2D eigenvalue weighted by Gasteiger charge is 2.13. The van der Waals surface area contributed by atoms with Gasteiger partial charge in [-0.1, -0.05) is 17.7 Å². The fraction of sp³-hybridized carbons (Fsp3) is 0. The number of aromatic nitrogens is 1. The van der Waals surface area contributed by atoms with E-state index in [9.17, 15) is 9.90 Å². The maximum absolute atomic E-state index is 11.9. The number of rotatable bonds is 2. The molecule has 0 fully saturated rings. The van der Waals surface area contributed by atoms with Gasteiger partial charge >= 0.3 is 0 Å². The van der Waals surface area contributed by atoms with Crippen molar-refractivity contribution in [2.24, 2.45) is 0 Å². The Morgan fingerprint density at radius 3 is 2.89 bits per heavy atom. The molecule has 0 aliphatic rings. The average Bonchev–Trinajstić information content (AvgIpc) is 2.32. The zero-order valence-corrected chi connectivity index (χ0v) is 9.98. The number of pyridine rings is 1. The Morgan fingerprint density at radius 2 is 2.17 bits per heavy atom. The van der Waals surface area contributed by atoms with E-state index in [4.69, 9.17) is 17.3 Å². The topological polar surface area (TPSA) is 88.2 Å². The third kappa shape index (κ3) is 2.52. The first kappa shape index (κ1) is 12.2. The number of benzene rings is 1. The van der Waals surface area contributed by atoms with Crippen LogP contribution in [0.2, 0.25) is 5.15 Å². The van der Waals surface area contributed by atoms with Crippen LogP contribution >= 0.6 is 11.6 Å². The van der Waals surface area contributed by atoms with E-state index in [1.807, 2.05) is 0 Å². The number of amides is 1. The largest absolute Gasteiger partial charge is 0.505 e. The summed E-state index contributed by atoms with van der Waals surface area (Å²) in [5.41, 5.74) is 6.25. The molecule has 0 aliphatic heterocycles. The van der Waals surface area contributed by atoms with Gasteiger partial charge in [-0.05, 0) is 24.3 Å². The SMILES string of the molecule is Nc1cccc(C(=O)Nc2ccnc(Cl)c2)c1O. The Kier molecular flexibility index (Phi) is 3.34. The summed E-state index contributed by atoms with van der Waals surface area (Å²) in [5.74, 6) is -0.711. The first-order valence-electron chi connectivity index (χ1n) is 5.08. The number of nitrogen functional groups attached to an aromatic ring is 1. The van der Waals surface area contributed by atoms with E-state index >= 15 is 0 Å². The Morgan fingerprint density at radius 1 is 1.39 bits per heavy atom. The number of hydrogen-bond donors (Lipinski definition) is 3. The molecule has 0 saturated carbocycles. The second-order valence-electron chi connectivity index (χ2n) is 3.56. The van der Waals surface area contributed by atoms with Gasteiger partial charge in [0.15, 0.2) is 5.75 Å². The number of nitrogens with two attached hydrogens (primary N) is 1. The minimum Gasteiger partial charge on any atom is -0.505 e. The number of aromatic hydroxyl groups is 1. The molecule has 0 unspecified atom stereocenters. The molecular formula is C12H10ClN3O2. The second kappa shape index (κ2) is 4.93. The molecule has 1 aromatic heterocycles. The number of hydrogen-bond acceptors (Lipinski definition) is 4. The lowest BCUT2D eigenvalue weighted by Crippen LogP contribution is -2.12. The average molecular weight is 264 g/mol. The molecule has 18 heavy (non-hydrogen) atoms. The summed E-state index contributed by atoms with van der Waals surface area (Å²) in [7, 11) is 0. The van der Waals surface area contributed by atoms with Crippen LogP contribution in [-0.2, 0) is 0 Å². The zero-order chi connectivity index (χ0) is 13.1. The van der Waals surface area contributed by atoms with Gasteiger partial charge in [0.2, 0.25) is 0 Å². The van der Waals surface area contributed by atoms with Crippen LogP contribution in [0.5, 0.6) is 5.75 Å². The summed E-state index contributed by atoms with van der Waals surface area (Å²) in [6.45, 7) is 0. The molecule has 1 amide bonds. The number of halogens is 1. The number of phenols is 1. The number of nitrogens with zero attached hydrogens (tertiary/aromatic N) is 1. The van der Waals surface area contributed by atoms with Crippen molar-refractivity contribution in [1.82, 2.24) is 4.98 Å². The summed E-state index contributed by atoms with van der Waals surface area (Å²) in [4.78, 5) is 15.7. The monoisotopic (exact) mass is 263 g/mol. The van der Waals surface area contributed by atoms with Crippen LogP contribution in [0.4, 0.5) is 11.4 Å². The quantitative estimate of drug-likeness (QED) is 0.441. The van der Waals surface area contributed by atoms with Gasteiger partial charge in [-0.2, -0.15) is 0 Å². The van der Waals surface area contributed by atoms with Crippen LogP contribution in [0.15, 0.2) is 36.5 Å². The molecule has 2 aromatic rings. The Labute approximate surface area is 108 Å². The van der Waals surface area contributed by atoms with Crippen LogP contribution in [0.3, 0.4) is 0 Å². The molecule has 0 bridgehead atoms. The van der Waals surface area contributed by atoms with E-state index in [0.29, 0.717) is 5.69 Å². The van der Waals surface area contributed by atoms with Gasteiger partial charge in [-0.15, -0.1) is 0 Å². The number of para-hydroxylation sites is 1. The molecule has 5 nitrogen and oxygen atoms in total. The third-order valence-corrected chi connectivity index (χ3v) is 2.50. The molecule has 1 heterocycles. The van der Waals surface area contributed by atoms with Gasteiger partial charge in [0.1, 0.15) is 5.15 Å². The molecule has 0 saturated heterocycles. The van der Waals surface area contributed by atoms with Gasteiger partial charge in [0, 0.05) is 11.9 Å². The number of nitrogens with one attached hydrogen (secondary N) is 1. The normalized spacial score (nSPS) is 10.1. The molecule has 4 N–H and O–H groups in total. The number of anilines is 2. The van der Waals surface area contributed by atoms with Gasteiger partial charge < -0.3 is 16.2 Å². The lowest BCUT2D eigenvalue weighted by atomic mass is 10.1. The summed E-state index contributed by atoms with van der Waals surface area (Å²) in [5, 5.41) is 12.5. The maximum Gasteiger partial charge on any atom is 0.259 e. The fourth-order valence-corrected chi connectivity index (χ4v) is 1.60. The van der Waals surface area contributed by atoms with E-state index in [0.717, 1.165) is 0 Å². The van der Waals surface area contributed by atoms with Gasteiger partial charge in [0.25, 0.3) is 5.91 Å². The van der Waals surface area contributed by atoms with Crippen LogP contribution in [0.1, 0.15) is 10.4 Å². The third-order valence-electron chi connectivity index (χ3n) is 2.30. The van der Waals surface area contributed by atoms with E-state index in [-0.39, 0.29) is 22.2 Å². The Bertz CT molecular complexity index is 602. The van der Waals surface area contributed by atoms with Crippen molar-refractivity contribution in [3.8, 4) is 5.75 Å². The van der Waals surface area contributed by atoms with Crippen LogP contribution < -0.4 is 11.1 Å². The van der Waals surface area contributed by atoms with E-state index < -0.39 is 5.91 Å². The predicted octanol–water partition coefficient (Wildman–Crippen LogP) is 2.28. The van der Waals surface area contributed by atoms with Crippen LogP contribution in [-0.4, -0.2) is 16.0 Å².